The third-order valence-electron chi connectivity index (χ3n) is 2.41. The average molecular weight is 221 g/mol. The summed E-state index contributed by atoms with van der Waals surface area (Å²) in [5, 5.41) is 0. The summed E-state index contributed by atoms with van der Waals surface area (Å²) in [4.78, 5) is 13.6. The van der Waals surface area contributed by atoms with Crippen LogP contribution >= 0.6 is 0 Å². The van der Waals surface area contributed by atoms with Crippen LogP contribution < -0.4 is 0 Å². The molecule has 1 aromatic rings. The average Bonchev–Trinajstić information content (AvgIpc) is 2.27. The van der Waals surface area contributed by atoms with Gasteiger partial charge in [-0.3, -0.25) is 4.79 Å². The Hall–Kier alpha value is -1.35. The first kappa shape index (κ1) is 12.7. The van der Waals surface area contributed by atoms with Gasteiger partial charge in [0.15, 0.2) is 0 Å². The first-order valence-corrected chi connectivity index (χ1v) is 5.47. The lowest BCUT2D eigenvalue weighted by Crippen LogP contribution is -2.38. The van der Waals surface area contributed by atoms with Crippen LogP contribution in [0.25, 0.3) is 0 Å². The zero-order valence-electron chi connectivity index (χ0n) is 10.1. The van der Waals surface area contributed by atoms with Gasteiger partial charge in [0.25, 0.3) is 0 Å². The van der Waals surface area contributed by atoms with Crippen LogP contribution in [0.4, 0.5) is 0 Å². The summed E-state index contributed by atoms with van der Waals surface area (Å²) in [6, 6.07) is 10.2. The molecule has 0 radical (unpaired) electrons. The lowest BCUT2D eigenvalue weighted by molar-refractivity contribution is -0.137. The van der Waals surface area contributed by atoms with E-state index in [1.165, 1.54) is 0 Å². The highest BCUT2D eigenvalue weighted by atomic mass is 16.5. The molecule has 0 saturated carbocycles. The molecule has 0 atom stereocenters. The molecule has 0 aromatic heterocycles. The standard InChI is InChI=1S/C13H19NO2/c1-11(2)14(13(15)10-16-3)9-12-7-5-4-6-8-12/h4-8,11H,9-10H2,1-3H3. The Kier molecular flexibility index (Phi) is 4.99. The van der Waals surface area contributed by atoms with Crippen LogP contribution in [0.1, 0.15) is 19.4 Å². The van der Waals surface area contributed by atoms with Crippen molar-refractivity contribution < 1.29 is 9.53 Å². The van der Waals surface area contributed by atoms with Crippen LogP contribution in [-0.2, 0) is 16.1 Å². The Labute approximate surface area is 97.0 Å². The van der Waals surface area contributed by atoms with E-state index in [1.54, 1.807) is 7.11 Å². The van der Waals surface area contributed by atoms with Gasteiger partial charge in [-0.25, -0.2) is 0 Å². The number of hydrogen-bond donors (Lipinski definition) is 0. The fraction of sp³-hybridized carbons (Fsp3) is 0.462. The van der Waals surface area contributed by atoms with Gasteiger partial charge in [0.2, 0.25) is 5.91 Å². The predicted octanol–water partition coefficient (Wildman–Crippen LogP) is 2.07. The lowest BCUT2D eigenvalue weighted by atomic mass is 10.2. The molecule has 0 N–H and O–H groups in total. The molecule has 16 heavy (non-hydrogen) atoms. The lowest BCUT2D eigenvalue weighted by Gasteiger charge is -2.26. The summed E-state index contributed by atoms with van der Waals surface area (Å²) in [7, 11) is 1.54. The van der Waals surface area contributed by atoms with Crippen molar-refractivity contribution in [3.63, 3.8) is 0 Å². The number of benzene rings is 1. The Morgan fingerprint density at radius 3 is 2.44 bits per heavy atom. The molecule has 0 heterocycles. The second kappa shape index (κ2) is 6.28. The van der Waals surface area contributed by atoms with Gasteiger partial charge < -0.3 is 9.64 Å². The molecular formula is C13H19NO2. The third kappa shape index (κ3) is 3.66. The molecule has 0 aliphatic carbocycles. The van der Waals surface area contributed by atoms with Crippen LogP contribution in [0.5, 0.6) is 0 Å². The van der Waals surface area contributed by atoms with Crippen LogP contribution in [0.15, 0.2) is 30.3 Å². The molecule has 0 fully saturated rings. The van der Waals surface area contributed by atoms with Crippen LogP contribution in [0.2, 0.25) is 0 Å². The predicted molar refractivity (Wildman–Crippen MR) is 64.0 cm³/mol. The van der Waals surface area contributed by atoms with Crippen molar-refractivity contribution in [3.05, 3.63) is 35.9 Å². The maximum Gasteiger partial charge on any atom is 0.249 e. The number of carbonyl (C=O) groups excluding carboxylic acids is 1. The van der Waals surface area contributed by atoms with Crippen molar-refractivity contribution in [3.8, 4) is 0 Å². The Morgan fingerprint density at radius 1 is 1.31 bits per heavy atom. The summed E-state index contributed by atoms with van der Waals surface area (Å²) in [5.41, 5.74) is 1.14. The van der Waals surface area contributed by atoms with Gasteiger partial charge in [0.05, 0.1) is 0 Å². The van der Waals surface area contributed by atoms with E-state index in [4.69, 9.17) is 4.74 Å². The third-order valence-corrected chi connectivity index (χ3v) is 2.41. The van der Waals surface area contributed by atoms with E-state index in [0.717, 1.165) is 5.56 Å². The fourth-order valence-electron chi connectivity index (χ4n) is 1.55. The molecular weight excluding hydrogens is 202 g/mol. The second-order valence-electron chi connectivity index (χ2n) is 4.03. The number of nitrogens with zero attached hydrogens (tertiary/aromatic N) is 1. The van der Waals surface area contributed by atoms with E-state index in [-0.39, 0.29) is 18.6 Å². The largest absolute Gasteiger partial charge is 0.375 e. The zero-order valence-corrected chi connectivity index (χ0v) is 10.1. The number of hydrogen-bond acceptors (Lipinski definition) is 2. The first-order chi connectivity index (χ1) is 7.65. The molecule has 0 spiro atoms. The molecule has 0 unspecified atom stereocenters. The highest BCUT2D eigenvalue weighted by Gasteiger charge is 2.16. The van der Waals surface area contributed by atoms with E-state index in [0.29, 0.717) is 6.54 Å². The van der Waals surface area contributed by atoms with Crippen molar-refractivity contribution in [1.29, 1.82) is 0 Å². The van der Waals surface area contributed by atoms with E-state index >= 15 is 0 Å². The van der Waals surface area contributed by atoms with Gasteiger partial charge in [-0.1, -0.05) is 30.3 Å². The number of ether oxygens (including phenoxy) is 1. The minimum atomic E-state index is 0.0290. The van der Waals surface area contributed by atoms with Crippen molar-refractivity contribution in [2.24, 2.45) is 0 Å². The molecule has 0 saturated heterocycles. The van der Waals surface area contributed by atoms with Gasteiger partial charge in [0.1, 0.15) is 6.61 Å². The summed E-state index contributed by atoms with van der Waals surface area (Å²) in [6.07, 6.45) is 0. The molecule has 1 amide bonds. The minimum Gasteiger partial charge on any atom is -0.375 e. The van der Waals surface area contributed by atoms with Crippen LogP contribution in [-0.4, -0.2) is 30.6 Å². The zero-order chi connectivity index (χ0) is 12.0. The Bertz CT molecular complexity index is 322. The highest BCUT2D eigenvalue weighted by Crippen LogP contribution is 2.08. The van der Waals surface area contributed by atoms with Gasteiger partial charge in [-0.15, -0.1) is 0 Å². The van der Waals surface area contributed by atoms with E-state index in [1.807, 2.05) is 49.1 Å². The molecule has 0 aliphatic heterocycles. The molecule has 3 nitrogen and oxygen atoms in total. The van der Waals surface area contributed by atoms with Crippen molar-refractivity contribution >= 4 is 5.91 Å². The molecule has 0 bridgehead atoms. The number of amides is 1. The Balaban J connectivity index is 2.69. The maximum atomic E-state index is 11.8. The van der Waals surface area contributed by atoms with Gasteiger partial charge in [0, 0.05) is 19.7 Å². The van der Waals surface area contributed by atoms with Gasteiger partial charge >= 0.3 is 0 Å². The number of methoxy groups -OCH3 is 1. The SMILES string of the molecule is COCC(=O)N(Cc1ccccc1)C(C)C. The Morgan fingerprint density at radius 2 is 1.94 bits per heavy atom. The topological polar surface area (TPSA) is 29.5 Å². The highest BCUT2D eigenvalue weighted by molar-refractivity contribution is 5.77. The molecule has 0 aliphatic rings. The summed E-state index contributed by atoms with van der Waals surface area (Å²) in [5.74, 6) is 0.0290. The van der Waals surface area contributed by atoms with Crippen molar-refractivity contribution in [1.82, 2.24) is 4.90 Å². The smallest absolute Gasteiger partial charge is 0.249 e. The summed E-state index contributed by atoms with van der Waals surface area (Å²) >= 11 is 0. The van der Waals surface area contributed by atoms with Gasteiger partial charge in [-0.2, -0.15) is 0 Å². The summed E-state index contributed by atoms with van der Waals surface area (Å²) in [6.45, 7) is 4.80. The minimum absolute atomic E-state index is 0.0290. The second-order valence-corrected chi connectivity index (χ2v) is 4.03. The molecule has 1 rings (SSSR count). The quantitative estimate of drug-likeness (QED) is 0.761. The normalized spacial score (nSPS) is 10.5. The monoisotopic (exact) mass is 221 g/mol. The van der Waals surface area contributed by atoms with E-state index < -0.39 is 0 Å². The molecule has 88 valence electrons. The fourth-order valence-corrected chi connectivity index (χ4v) is 1.55. The number of carbonyl (C=O) groups is 1. The summed E-state index contributed by atoms with van der Waals surface area (Å²) < 4.78 is 4.88. The molecule has 3 heteroatoms. The number of rotatable bonds is 5. The van der Waals surface area contributed by atoms with Crippen LogP contribution in [0.3, 0.4) is 0 Å². The van der Waals surface area contributed by atoms with Gasteiger partial charge in [-0.05, 0) is 19.4 Å². The van der Waals surface area contributed by atoms with Crippen LogP contribution in [0, 0.1) is 0 Å². The maximum absolute atomic E-state index is 11.8. The first-order valence-electron chi connectivity index (χ1n) is 5.47. The van der Waals surface area contributed by atoms with E-state index in [2.05, 4.69) is 0 Å². The van der Waals surface area contributed by atoms with E-state index in [9.17, 15) is 4.79 Å². The molecule has 1 aromatic carbocycles. The van der Waals surface area contributed by atoms with Crippen molar-refractivity contribution in [2.75, 3.05) is 13.7 Å². The van der Waals surface area contributed by atoms with Crippen molar-refractivity contribution in [2.45, 2.75) is 26.4 Å².